The van der Waals surface area contributed by atoms with Crippen molar-refractivity contribution in [3.8, 4) is 0 Å². The van der Waals surface area contributed by atoms with Crippen molar-refractivity contribution < 1.29 is 0 Å². The first-order valence-corrected chi connectivity index (χ1v) is 7.19. The van der Waals surface area contributed by atoms with E-state index in [1.165, 1.54) is 5.56 Å². The van der Waals surface area contributed by atoms with Gasteiger partial charge in [0.05, 0.1) is 6.54 Å². The topological polar surface area (TPSA) is 36.4 Å². The number of benzene rings is 1. The quantitative estimate of drug-likeness (QED) is 0.872. The lowest BCUT2D eigenvalue weighted by molar-refractivity contribution is 0.545. The third kappa shape index (κ3) is 2.34. The standard InChI is InChI=1S/C16H23N3/c1-11-9-17-15(19-11)18-10-13-14(16(13,2)3)12-7-5-4-6-8-12/h4-8,11,13-14H,9-10H2,1-3H3,(H2,17,18,19)/t11?,13-,14-/m1/s1. The summed E-state index contributed by atoms with van der Waals surface area (Å²) in [5, 5.41) is 6.83. The molecular weight excluding hydrogens is 234 g/mol. The highest BCUT2D eigenvalue weighted by Gasteiger charge is 2.57. The zero-order chi connectivity index (χ0) is 13.5. The van der Waals surface area contributed by atoms with Gasteiger partial charge in [-0.2, -0.15) is 0 Å². The summed E-state index contributed by atoms with van der Waals surface area (Å²) in [5.41, 5.74) is 1.85. The van der Waals surface area contributed by atoms with Gasteiger partial charge < -0.3 is 10.6 Å². The van der Waals surface area contributed by atoms with Crippen LogP contribution in [0.5, 0.6) is 0 Å². The van der Waals surface area contributed by atoms with Crippen LogP contribution in [0.3, 0.4) is 0 Å². The van der Waals surface area contributed by atoms with E-state index in [2.05, 4.69) is 66.7 Å². The number of nitrogens with one attached hydrogen (secondary N) is 2. The minimum Gasteiger partial charge on any atom is -0.356 e. The summed E-state index contributed by atoms with van der Waals surface area (Å²) in [6.45, 7) is 8.78. The van der Waals surface area contributed by atoms with Gasteiger partial charge in [-0.25, -0.2) is 0 Å². The molecule has 2 N–H and O–H groups in total. The molecule has 1 aliphatic heterocycles. The van der Waals surface area contributed by atoms with Crippen LogP contribution in [-0.2, 0) is 0 Å². The van der Waals surface area contributed by atoms with Gasteiger partial charge in [0.25, 0.3) is 0 Å². The Morgan fingerprint density at radius 2 is 2.05 bits per heavy atom. The van der Waals surface area contributed by atoms with Crippen molar-refractivity contribution in [2.45, 2.75) is 32.7 Å². The SMILES string of the molecule is CC1CN=C(NC[C@@H]2[C@@H](c3ccccc3)C2(C)C)N1. The van der Waals surface area contributed by atoms with Crippen molar-refractivity contribution >= 4 is 5.96 Å². The fourth-order valence-corrected chi connectivity index (χ4v) is 3.31. The molecule has 0 bridgehead atoms. The molecule has 1 aromatic rings. The second-order valence-corrected chi connectivity index (χ2v) is 6.43. The van der Waals surface area contributed by atoms with Crippen molar-refractivity contribution in [3.63, 3.8) is 0 Å². The highest BCUT2D eigenvalue weighted by molar-refractivity contribution is 5.81. The van der Waals surface area contributed by atoms with E-state index in [-0.39, 0.29) is 0 Å². The summed E-state index contributed by atoms with van der Waals surface area (Å²) in [4.78, 5) is 4.46. The molecule has 0 saturated heterocycles. The van der Waals surface area contributed by atoms with Gasteiger partial charge in [0.15, 0.2) is 5.96 Å². The van der Waals surface area contributed by atoms with Gasteiger partial charge in [-0.3, -0.25) is 4.99 Å². The molecule has 2 aliphatic rings. The zero-order valence-electron chi connectivity index (χ0n) is 12.0. The molecule has 102 valence electrons. The molecule has 1 fully saturated rings. The largest absolute Gasteiger partial charge is 0.356 e. The summed E-state index contributed by atoms with van der Waals surface area (Å²) in [6, 6.07) is 11.3. The molecule has 1 saturated carbocycles. The molecule has 19 heavy (non-hydrogen) atoms. The molecule has 0 amide bonds. The van der Waals surface area contributed by atoms with Crippen molar-refractivity contribution in [1.29, 1.82) is 0 Å². The summed E-state index contributed by atoms with van der Waals surface area (Å²) in [5.74, 6) is 2.33. The van der Waals surface area contributed by atoms with Crippen LogP contribution in [0.2, 0.25) is 0 Å². The van der Waals surface area contributed by atoms with Crippen molar-refractivity contribution in [1.82, 2.24) is 10.6 Å². The van der Waals surface area contributed by atoms with Gasteiger partial charge in [0.2, 0.25) is 0 Å². The van der Waals surface area contributed by atoms with E-state index in [4.69, 9.17) is 0 Å². The second kappa shape index (κ2) is 4.55. The van der Waals surface area contributed by atoms with Crippen LogP contribution in [0.1, 0.15) is 32.3 Å². The molecule has 3 rings (SSSR count). The van der Waals surface area contributed by atoms with Crippen LogP contribution >= 0.6 is 0 Å². The number of hydrogen-bond acceptors (Lipinski definition) is 3. The van der Waals surface area contributed by atoms with Crippen LogP contribution in [0.15, 0.2) is 35.3 Å². The van der Waals surface area contributed by atoms with E-state index in [1.54, 1.807) is 0 Å². The number of guanidine groups is 1. The third-order valence-electron chi connectivity index (χ3n) is 4.60. The van der Waals surface area contributed by atoms with Gasteiger partial charge in [-0.05, 0) is 29.7 Å². The van der Waals surface area contributed by atoms with E-state index in [0.717, 1.165) is 19.0 Å². The van der Waals surface area contributed by atoms with E-state index in [0.29, 0.717) is 23.3 Å². The van der Waals surface area contributed by atoms with Gasteiger partial charge in [-0.1, -0.05) is 44.2 Å². The molecule has 0 spiro atoms. The van der Waals surface area contributed by atoms with Gasteiger partial charge in [0.1, 0.15) is 0 Å². The molecule has 1 heterocycles. The molecule has 1 aliphatic carbocycles. The first-order valence-electron chi connectivity index (χ1n) is 7.19. The summed E-state index contributed by atoms with van der Waals surface area (Å²) >= 11 is 0. The lowest BCUT2D eigenvalue weighted by Crippen LogP contribution is -2.38. The Balaban J connectivity index is 1.60. The molecule has 3 heteroatoms. The van der Waals surface area contributed by atoms with Crippen LogP contribution < -0.4 is 10.6 Å². The van der Waals surface area contributed by atoms with E-state index < -0.39 is 0 Å². The molecule has 1 aromatic carbocycles. The van der Waals surface area contributed by atoms with E-state index in [9.17, 15) is 0 Å². The number of rotatable bonds is 3. The predicted molar refractivity (Wildman–Crippen MR) is 79.4 cm³/mol. The van der Waals surface area contributed by atoms with Crippen LogP contribution in [-0.4, -0.2) is 25.1 Å². The van der Waals surface area contributed by atoms with E-state index in [1.807, 2.05) is 0 Å². The smallest absolute Gasteiger partial charge is 0.191 e. The van der Waals surface area contributed by atoms with Gasteiger partial charge in [-0.15, -0.1) is 0 Å². The molecule has 1 unspecified atom stereocenters. The van der Waals surface area contributed by atoms with Crippen LogP contribution in [0.4, 0.5) is 0 Å². The maximum absolute atomic E-state index is 4.46. The number of nitrogens with zero attached hydrogens (tertiary/aromatic N) is 1. The zero-order valence-corrected chi connectivity index (χ0v) is 12.0. The molecule has 3 atom stereocenters. The van der Waals surface area contributed by atoms with E-state index >= 15 is 0 Å². The Bertz CT molecular complexity index is 478. The highest BCUT2D eigenvalue weighted by Crippen LogP contribution is 2.63. The monoisotopic (exact) mass is 257 g/mol. The minimum atomic E-state index is 0.388. The Morgan fingerprint density at radius 1 is 1.32 bits per heavy atom. The van der Waals surface area contributed by atoms with Gasteiger partial charge >= 0.3 is 0 Å². The molecular formula is C16H23N3. The number of hydrogen-bond donors (Lipinski definition) is 2. The summed E-state index contributed by atoms with van der Waals surface area (Å²) in [6.07, 6.45) is 0. The third-order valence-corrected chi connectivity index (χ3v) is 4.60. The number of aliphatic imine (C=N–C) groups is 1. The highest BCUT2D eigenvalue weighted by atomic mass is 15.2. The van der Waals surface area contributed by atoms with Crippen molar-refractivity contribution in [3.05, 3.63) is 35.9 Å². The van der Waals surface area contributed by atoms with Crippen molar-refractivity contribution in [2.24, 2.45) is 16.3 Å². The lowest BCUT2D eigenvalue weighted by Gasteiger charge is -2.09. The second-order valence-electron chi connectivity index (χ2n) is 6.43. The van der Waals surface area contributed by atoms with Crippen molar-refractivity contribution in [2.75, 3.05) is 13.1 Å². The first kappa shape index (κ1) is 12.5. The van der Waals surface area contributed by atoms with Gasteiger partial charge in [0, 0.05) is 12.6 Å². The lowest BCUT2D eigenvalue weighted by atomic mass is 10.0. The predicted octanol–water partition coefficient (Wildman–Crippen LogP) is 2.36. The summed E-state index contributed by atoms with van der Waals surface area (Å²) < 4.78 is 0. The molecule has 3 nitrogen and oxygen atoms in total. The fourth-order valence-electron chi connectivity index (χ4n) is 3.31. The average Bonchev–Trinajstić information content (AvgIpc) is 2.72. The molecule has 0 radical (unpaired) electrons. The fraction of sp³-hybridized carbons (Fsp3) is 0.562. The maximum atomic E-state index is 4.46. The molecule has 0 aromatic heterocycles. The Hall–Kier alpha value is -1.51. The first-order chi connectivity index (χ1) is 9.09. The minimum absolute atomic E-state index is 0.388. The average molecular weight is 257 g/mol. The Morgan fingerprint density at radius 3 is 2.68 bits per heavy atom. The maximum Gasteiger partial charge on any atom is 0.191 e. The summed E-state index contributed by atoms with van der Waals surface area (Å²) in [7, 11) is 0. The Kier molecular flexibility index (Phi) is 3.00. The Labute approximate surface area is 115 Å². The van der Waals surface area contributed by atoms with Crippen LogP contribution in [0.25, 0.3) is 0 Å². The van der Waals surface area contributed by atoms with Crippen LogP contribution in [0, 0.1) is 11.3 Å². The normalized spacial score (nSPS) is 31.5.